The molecule has 13 heavy (non-hydrogen) atoms. The topological polar surface area (TPSA) is 35.8 Å². The molecule has 0 spiro atoms. The fraction of sp³-hybridized carbons (Fsp3) is 0.364. The smallest absolute Gasteiger partial charge is 0.0905 e. The minimum atomic E-state index is 0.0431. The van der Waals surface area contributed by atoms with Crippen LogP contribution in [0.2, 0.25) is 0 Å². The second-order valence-corrected chi connectivity index (χ2v) is 3.30. The highest BCUT2D eigenvalue weighted by atomic mass is 14.9. The van der Waals surface area contributed by atoms with Crippen molar-refractivity contribution in [1.82, 2.24) is 0 Å². The Morgan fingerprint density at radius 3 is 3.15 bits per heavy atom. The van der Waals surface area contributed by atoms with Gasteiger partial charge in [0.15, 0.2) is 0 Å². The van der Waals surface area contributed by atoms with E-state index in [0.717, 1.165) is 13.0 Å². The van der Waals surface area contributed by atoms with Gasteiger partial charge in [-0.1, -0.05) is 25.1 Å². The molecule has 1 aromatic carbocycles. The van der Waals surface area contributed by atoms with Crippen LogP contribution >= 0.6 is 0 Å². The third kappa shape index (κ3) is 1.17. The summed E-state index contributed by atoms with van der Waals surface area (Å²) in [6.45, 7) is 2.90. The zero-order chi connectivity index (χ0) is 9.26. The average Bonchev–Trinajstić information content (AvgIpc) is 2.60. The first-order chi connectivity index (χ1) is 6.36. The Labute approximate surface area is 78.2 Å². The fourth-order valence-corrected chi connectivity index (χ4v) is 1.85. The molecule has 0 amide bonds. The number of hydrogen-bond donors (Lipinski definition) is 1. The Bertz CT molecular complexity index is 363. The van der Waals surface area contributed by atoms with Crippen molar-refractivity contribution in [3.05, 3.63) is 29.3 Å². The van der Waals surface area contributed by atoms with Gasteiger partial charge in [0.1, 0.15) is 0 Å². The van der Waals surface area contributed by atoms with Crippen molar-refractivity contribution in [3.8, 4) is 6.07 Å². The lowest BCUT2D eigenvalue weighted by atomic mass is 9.99. The lowest BCUT2D eigenvalue weighted by molar-refractivity contribution is 0.963. The second-order valence-electron chi connectivity index (χ2n) is 3.30. The van der Waals surface area contributed by atoms with E-state index in [4.69, 9.17) is 5.26 Å². The van der Waals surface area contributed by atoms with Gasteiger partial charge in [-0.2, -0.15) is 5.26 Å². The molecule has 0 aromatic heterocycles. The summed E-state index contributed by atoms with van der Waals surface area (Å²) >= 11 is 0. The van der Waals surface area contributed by atoms with E-state index < -0.39 is 0 Å². The second kappa shape index (κ2) is 3.10. The van der Waals surface area contributed by atoms with Crippen molar-refractivity contribution < 1.29 is 0 Å². The van der Waals surface area contributed by atoms with Crippen LogP contribution in [-0.2, 0) is 6.42 Å². The van der Waals surface area contributed by atoms with Crippen LogP contribution < -0.4 is 5.32 Å². The van der Waals surface area contributed by atoms with E-state index in [2.05, 4.69) is 24.4 Å². The zero-order valence-corrected chi connectivity index (χ0v) is 7.67. The van der Waals surface area contributed by atoms with Crippen molar-refractivity contribution >= 4 is 5.69 Å². The SMILES string of the molecule is CCc1cccc2c1NCC2C#N. The third-order valence-corrected chi connectivity index (χ3v) is 2.58. The van der Waals surface area contributed by atoms with Gasteiger partial charge in [0.2, 0.25) is 0 Å². The van der Waals surface area contributed by atoms with Crippen molar-refractivity contribution in [2.75, 3.05) is 11.9 Å². The van der Waals surface area contributed by atoms with E-state index in [9.17, 15) is 0 Å². The van der Waals surface area contributed by atoms with Crippen LogP contribution in [-0.4, -0.2) is 6.54 Å². The molecule has 1 unspecified atom stereocenters. The van der Waals surface area contributed by atoms with Crippen LogP contribution in [0.4, 0.5) is 5.69 Å². The van der Waals surface area contributed by atoms with Gasteiger partial charge in [-0.25, -0.2) is 0 Å². The predicted molar refractivity (Wildman–Crippen MR) is 52.7 cm³/mol. The summed E-state index contributed by atoms with van der Waals surface area (Å²) < 4.78 is 0. The van der Waals surface area contributed by atoms with Crippen molar-refractivity contribution in [3.63, 3.8) is 0 Å². The van der Waals surface area contributed by atoms with Gasteiger partial charge in [0.05, 0.1) is 12.0 Å². The number of anilines is 1. The monoisotopic (exact) mass is 172 g/mol. The Hall–Kier alpha value is -1.49. The molecule has 2 rings (SSSR count). The molecule has 0 fully saturated rings. The van der Waals surface area contributed by atoms with E-state index in [1.165, 1.54) is 16.8 Å². The van der Waals surface area contributed by atoms with Crippen molar-refractivity contribution in [2.45, 2.75) is 19.3 Å². The third-order valence-electron chi connectivity index (χ3n) is 2.58. The average molecular weight is 172 g/mol. The Morgan fingerprint density at radius 2 is 2.46 bits per heavy atom. The molecule has 1 aromatic rings. The molecule has 2 nitrogen and oxygen atoms in total. The number of rotatable bonds is 1. The summed E-state index contributed by atoms with van der Waals surface area (Å²) in [5, 5.41) is 12.2. The zero-order valence-electron chi connectivity index (χ0n) is 7.67. The lowest BCUT2D eigenvalue weighted by Crippen LogP contribution is -1.98. The van der Waals surface area contributed by atoms with Crippen LogP contribution in [0.15, 0.2) is 18.2 Å². The molecular weight excluding hydrogens is 160 g/mol. The van der Waals surface area contributed by atoms with E-state index in [0.29, 0.717) is 0 Å². The maximum absolute atomic E-state index is 8.89. The summed E-state index contributed by atoms with van der Waals surface area (Å²) in [6.07, 6.45) is 1.02. The number of hydrogen-bond acceptors (Lipinski definition) is 2. The summed E-state index contributed by atoms with van der Waals surface area (Å²) in [4.78, 5) is 0. The molecule has 1 heterocycles. The molecule has 0 saturated heterocycles. The Kier molecular flexibility index (Phi) is 1.94. The maximum Gasteiger partial charge on any atom is 0.0905 e. The van der Waals surface area contributed by atoms with Gasteiger partial charge in [-0.3, -0.25) is 0 Å². The number of nitrogens with one attached hydrogen (secondary N) is 1. The van der Waals surface area contributed by atoms with Crippen LogP contribution in [0.3, 0.4) is 0 Å². The quantitative estimate of drug-likeness (QED) is 0.705. The number of aryl methyl sites for hydroxylation is 1. The highest BCUT2D eigenvalue weighted by Gasteiger charge is 2.22. The number of fused-ring (bicyclic) bond motifs is 1. The molecule has 1 aliphatic rings. The van der Waals surface area contributed by atoms with Crippen molar-refractivity contribution in [1.29, 1.82) is 5.26 Å². The number of benzene rings is 1. The van der Waals surface area contributed by atoms with Gasteiger partial charge in [-0.05, 0) is 17.5 Å². The number of nitrogens with zero attached hydrogens (tertiary/aromatic N) is 1. The van der Waals surface area contributed by atoms with Crippen LogP contribution in [0.25, 0.3) is 0 Å². The van der Waals surface area contributed by atoms with Crippen LogP contribution in [0.5, 0.6) is 0 Å². The summed E-state index contributed by atoms with van der Waals surface area (Å²) in [5.41, 5.74) is 3.67. The summed E-state index contributed by atoms with van der Waals surface area (Å²) in [5.74, 6) is 0.0431. The lowest BCUT2D eigenvalue weighted by Gasteiger charge is -2.05. The van der Waals surface area contributed by atoms with Gasteiger partial charge < -0.3 is 5.32 Å². The molecular formula is C11H12N2. The summed E-state index contributed by atoms with van der Waals surface area (Å²) in [7, 11) is 0. The van der Waals surface area contributed by atoms with Crippen LogP contribution in [0.1, 0.15) is 24.0 Å². The van der Waals surface area contributed by atoms with Gasteiger partial charge >= 0.3 is 0 Å². The van der Waals surface area contributed by atoms with E-state index in [1.54, 1.807) is 0 Å². The first-order valence-corrected chi connectivity index (χ1v) is 4.62. The van der Waals surface area contributed by atoms with Crippen molar-refractivity contribution in [2.24, 2.45) is 0 Å². The minimum absolute atomic E-state index is 0.0431. The number of para-hydroxylation sites is 1. The standard InChI is InChI=1S/C11H12N2/c1-2-8-4-3-5-10-9(6-12)7-13-11(8)10/h3-5,9,13H,2,7H2,1H3. The van der Waals surface area contributed by atoms with Gasteiger partial charge in [-0.15, -0.1) is 0 Å². The molecule has 0 bridgehead atoms. The van der Waals surface area contributed by atoms with E-state index in [1.807, 2.05) is 12.1 Å². The van der Waals surface area contributed by atoms with E-state index in [-0.39, 0.29) is 5.92 Å². The molecule has 1 aliphatic heterocycles. The Morgan fingerprint density at radius 1 is 1.62 bits per heavy atom. The Balaban J connectivity index is 2.50. The highest BCUT2D eigenvalue weighted by molar-refractivity contribution is 5.64. The van der Waals surface area contributed by atoms with Gasteiger partial charge in [0, 0.05) is 12.2 Å². The first kappa shape index (κ1) is 8.12. The molecule has 66 valence electrons. The predicted octanol–water partition coefficient (Wildman–Crippen LogP) is 2.28. The maximum atomic E-state index is 8.89. The van der Waals surface area contributed by atoms with E-state index >= 15 is 0 Å². The van der Waals surface area contributed by atoms with Gasteiger partial charge in [0.25, 0.3) is 0 Å². The fourth-order valence-electron chi connectivity index (χ4n) is 1.85. The first-order valence-electron chi connectivity index (χ1n) is 4.62. The number of nitriles is 1. The molecule has 0 aliphatic carbocycles. The molecule has 0 saturated carbocycles. The minimum Gasteiger partial charge on any atom is -0.383 e. The highest BCUT2D eigenvalue weighted by Crippen LogP contribution is 2.33. The molecule has 0 radical (unpaired) electrons. The summed E-state index contributed by atoms with van der Waals surface area (Å²) in [6, 6.07) is 8.51. The molecule has 1 atom stereocenters. The molecule has 1 N–H and O–H groups in total. The normalized spacial score (nSPS) is 18.9. The van der Waals surface area contributed by atoms with Crippen LogP contribution in [0, 0.1) is 11.3 Å². The largest absolute Gasteiger partial charge is 0.383 e. The molecule has 2 heteroatoms.